The third-order valence-electron chi connectivity index (χ3n) is 5.53. The number of nitrogens with two attached hydrogens (primary N) is 1. The molecule has 1 aliphatic rings. The third kappa shape index (κ3) is 3.22. The Bertz CT molecular complexity index is 979. The molecule has 0 saturated carbocycles. The van der Waals surface area contributed by atoms with Crippen LogP contribution in [0.15, 0.2) is 24.2 Å². The van der Waals surface area contributed by atoms with Crippen LogP contribution in [0.3, 0.4) is 0 Å². The van der Waals surface area contributed by atoms with Crippen molar-refractivity contribution in [3.05, 3.63) is 29.4 Å². The number of aromatic nitrogens is 4. The molecule has 0 saturated heterocycles. The Kier molecular flexibility index (Phi) is 5.07. The number of halogens is 1. The van der Waals surface area contributed by atoms with Crippen LogP contribution in [-0.4, -0.2) is 52.3 Å². The number of fused-ring (bicyclic) bond motifs is 1. The van der Waals surface area contributed by atoms with E-state index in [0.29, 0.717) is 22.4 Å². The molecule has 0 unspecified atom stereocenters. The lowest BCUT2D eigenvalue weighted by Gasteiger charge is -2.39. The first kappa shape index (κ1) is 20.8. The highest BCUT2D eigenvalue weighted by molar-refractivity contribution is 6.74. The number of ether oxygens (including phenoxy) is 1. The minimum absolute atomic E-state index is 0.00353. The van der Waals surface area contributed by atoms with E-state index in [1.807, 2.05) is 0 Å². The van der Waals surface area contributed by atoms with Gasteiger partial charge in [0.1, 0.15) is 29.8 Å². The number of nitrogens with zero attached hydrogens (tertiary/aromatic N) is 4. The van der Waals surface area contributed by atoms with Crippen LogP contribution in [0.2, 0.25) is 23.3 Å². The fourth-order valence-corrected chi connectivity index (χ4v) is 4.42. The van der Waals surface area contributed by atoms with Gasteiger partial charge in [-0.25, -0.2) is 4.98 Å². The number of anilines is 1. The number of imidazole rings is 1. The van der Waals surface area contributed by atoms with Gasteiger partial charge in [-0.2, -0.15) is 9.97 Å². The van der Waals surface area contributed by atoms with Crippen LogP contribution in [0.4, 0.5) is 5.95 Å². The topological polar surface area (TPSA) is 108 Å². The van der Waals surface area contributed by atoms with E-state index in [1.54, 1.807) is 4.57 Å². The van der Waals surface area contributed by atoms with Gasteiger partial charge in [0, 0.05) is 12.7 Å². The standard InChI is InChI=1S/C18H26ClN5O3Si/c1-9-11(24-8-21-10-15(19)22-17(20)23-16(10)24)12(25)14(26-5)13(9)27-28(6,7)18(2,3)4/h8,13-14,25H,1H2,2-7H3,(H2,20,22,23)/t13-,14-/m0/s1. The minimum Gasteiger partial charge on any atom is -0.507 e. The van der Waals surface area contributed by atoms with Crippen LogP contribution in [0.25, 0.3) is 16.9 Å². The zero-order valence-corrected chi connectivity index (χ0v) is 18.7. The van der Waals surface area contributed by atoms with Gasteiger partial charge in [0.25, 0.3) is 0 Å². The summed E-state index contributed by atoms with van der Waals surface area (Å²) in [4.78, 5) is 12.4. The molecule has 2 heterocycles. The Labute approximate surface area is 170 Å². The molecule has 152 valence electrons. The van der Waals surface area contributed by atoms with E-state index in [9.17, 15) is 5.11 Å². The Morgan fingerprint density at radius 3 is 2.50 bits per heavy atom. The van der Waals surface area contributed by atoms with Gasteiger partial charge in [0.15, 0.2) is 19.1 Å². The zero-order chi connectivity index (χ0) is 21.0. The second-order valence-electron chi connectivity index (χ2n) is 8.37. The summed E-state index contributed by atoms with van der Waals surface area (Å²) in [5.74, 6) is 0.0177. The molecule has 3 N–H and O–H groups in total. The first-order valence-corrected chi connectivity index (χ1v) is 12.2. The fraction of sp³-hybridized carbons (Fsp3) is 0.500. The lowest BCUT2D eigenvalue weighted by atomic mass is 10.2. The van der Waals surface area contributed by atoms with Gasteiger partial charge < -0.3 is 20.0 Å². The van der Waals surface area contributed by atoms with Crippen molar-refractivity contribution in [2.24, 2.45) is 0 Å². The van der Waals surface area contributed by atoms with E-state index in [1.165, 1.54) is 13.4 Å². The fourth-order valence-electron chi connectivity index (χ4n) is 2.95. The number of rotatable bonds is 4. The molecule has 8 nitrogen and oxygen atoms in total. The Balaban J connectivity index is 2.08. The van der Waals surface area contributed by atoms with Crippen molar-refractivity contribution in [3.63, 3.8) is 0 Å². The molecular weight excluding hydrogens is 398 g/mol. The SMILES string of the molecule is C=C1C(n2cnc3c(Cl)nc(N)nc32)=C(O)[C@H](OC)[C@H]1O[Si](C)(C)C(C)(C)C. The molecule has 2 aromatic rings. The van der Waals surface area contributed by atoms with Gasteiger partial charge in [-0.1, -0.05) is 39.0 Å². The largest absolute Gasteiger partial charge is 0.507 e. The monoisotopic (exact) mass is 423 g/mol. The van der Waals surface area contributed by atoms with E-state index >= 15 is 0 Å². The summed E-state index contributed by atoms with van der Waals surface area (Å²) in [6, 6.07) is 0. The maximum atomic E-state index is 10.9. The normalized spacial score (nSPS) is 21.2. The molecule has 0 spiro atoms. The van der Waals surface area contributed by atoms with Gasteiger partial charge in [-0.05, 0) is 18.1 Å². The summed E-state index contributed by atoms with van der Waals surface area (Å²) in [5.41, 5.74) is 7.51. The number of aliphatic hydroxyl groups is 1. The highest BCUT2D eigenvalue weighted by atomic mass is 35.5. The molecule has 0 bridgehead atoms. The molecule has 0 amide bonds. The molecule has 1 aliphatic carbocycles. The number of hydrogen-bond acceptors (Lipinski definition) is 7. The number of methoxy groups -OCH3 is 1. The van der Waals surface area contributed by atoms with Crippen molar-refractivity contribution < 1.29 is 14.3 Å². The summed E-state index contributed by atoms with van der Waals surface area (Å²) in [6.07, 6.45) is 0.305. The van der Waals surface area contributed by atoms with Crippen LogP contribution in [0.1, 0.15) is 20.8 Å². The average molecular weight is 424 g/mol. The molecule has 2 atom stereocenters. The van der Waals surface area contributed by atoms with Gasteiger partial charge in [0.2, 0.25) is 5.95 Å². The molecule has 0 aromatic carbocycles. The highest BCUT2D eigenvalue weighted by Gasteiger charge is 2.47. The van der Waals surface area contributed by atoms with Crippen molar-refractivity contribution >= 4 is 42.7 Å². The van der Waals surface area contributed by atoms with Crippen LogP contribution < -0.4 is 5.73 Å². The number of nitrogen functional groups attached to an aromatic ring is 1. The summed E-state index contributed by atoms with van der Waals surface area (Å²) in [5, 5.41) is 11.1. The predicted molar refractivity (Wildman–Crippen MR) is 113 cm³/mol. The van der Waals surface area contributed by atoms with Gasteiger partial charge in [0.05, 0.1) is 5.70 Å². The predicted octanol–water partition coefficient (Wildman–Crippen LogP) is 3.76. The van der Waals surface area contributed by atoms with Gasteiger partial charge in [-0.3, -0.25) is 4.57 Å². The van der Waals surface area contributed by atoms with E-state index in [4.69, 9.17) is 26.5 Å². The minimum atomic E-state index is -2.16. The molecule has 28 heavy (non-hydrogen) atoms. The van der Waals surface area contributed by atoms with Crippen LogP contribution in [0.5, 0.6) is 0 Å². The highest BCUT2D eigenvalue weighted by Crippen LogP contribution is 2.44. The van der Waals surface area contributed by atoms with Crippen LogP contribution >= 0.6 is 11.6 Å². The lowest BCUT2D eigenvalue weighted by molar-refractivity contribution is 0.0224. The van der Waals surface area contributed by atoms with Gasteiger partial charge >= 0.3 is 0 Å². The number of aliphatic hydroxyl groups excluding tert-OH is 1. The Hall–Kier alpha value is -1.94. The van der Waals surface area contributed by atoms with Crippen molar-refractivity contribution in [3.8, 4) is 0 Å². The first-order chi connectivity index (χ1) is 12.9. The molecule has 10 heteroatoms. The van der Waals surface area contributed by atoms with E-state index < -0.39 is 20.5 Å². The molecular formula is C18H26ClN5O3Si. The van der Waals surface area contributed by atoms with E-state index in [0.717, 1.165) is 0 Å². The third-order valence-corrected chi connectivity index (χ3v) is 10.2. The Morgan fingerprint density at radius 2 is 1.93 bits per heavy atom. The quantitative estimate of drug-likeness (QED) is 0.569. The first-order valence-electron chi connectivity index (χ1n) is 8.88. The second-order valence-corrected chi connectivity index (χ2v) is 13.5. The maximum absolute atomic E-state index is 10.9. The van der Waals surface area contributed by atoms with E-state index in [-0.39, 0.29) is 21.9 Å². The van der Waals surface area contributed by atoms with Crippen LogP contribution in [0, 0.1) is 0 Å². The van der Waals surface area contributed by atoms with Crippen molar-refractivity contribution in [1.82, 2.24) is 19.5 Å². The second kappa shape index (κ2) is 6.84. The number of hydrogen-bond donors (Lipinski definition) is 2. The summed E-state index contributed by atoms with van der Waals surface area (Å²) in [7, 11) is -0.626. The van der Waals surface area contributed by atoms with Crippen molar-refractivity contribution in [2.45, 2.75) is 51.1 Å². The summed E-state index contributed by atoms with van der Waals surface area (Å²) >= 11 is 6.13. The van der Waals surface area contributed by atoms with Gasteiger partial charge in [-0.15, -0.1) is 0 Å². The lowest BCUT2D eigenvalue weighted by Crippen LogP contribution is -2.47. The summed E-state index contributed by atoms with van der Waals surface area (Å²) < 4.78 is 13.7. The molecule has 0 fully saturated rings. The Morgan fingerprint density at radius 1 is 1.29 bits per heavy atom. The molecule has 0 aliphatic heterocycles. The molecule has 2 aromatic heterocycles. The maximum Gasteiger partial charge on any atom is 0.223 e. The van der Waals surface area contributed by atoms with Crippen molar-refractivity contribution in [1.29, 1.82) is 0 Å². The smallest absolute Gasteiger partial charge is 0.223 e. The molecule has 0 radical (unpaired) electrons. The zero-order valence-electron chi connectivity index (χ0n) is 16.9. The van der Waals surface area contributed by atoms with Crippen molar-refractivity contribution in [2.75, 3.05) is 12.8 Å². The van der Waals surface area contributed by atoms with Crippen LogP contribution in [-0.2, 0) is 9.16 Å². The summed E-state index contributed by atoms with van der Waals surface area (Å²) in [6.45, 7) is 14.9. The van der Waals surface area contributed by atoms with E-state index in [2.05, 4.69) is 55.4 Å². The average Bonchev–Trinajstić information content (AvgIpc) is 3.06. The molecule has 3 rings (SSSR count).